The van der Waals surface area contributed by atoms with Crippen molar-refractivity contribution in [3.63, 3.8) is 0 Å². The van der Waals surface area contributed by atoms with Crippen molar-refractivity contribution in [3.8, 4) is 0 Å². The third-order valence-corrected chi connectivity index (χ3v) is 6.18. The topological polar surface area (TPSA) is 75.7 Å². The predicted molar refractivity (Wildman–Crippen MR) is 103 cm³/mol. The van der Waals surface area contributed by atoms with Crippen molar-refractivity contribution >= 4 is 15.9 Å². The number of morpholine rings is 1. The average molecular weight is 388 g/mol. The number of nitrogens with one attached hydrogen (secondary N) is 1. The van der Waals surface area contributed by atoms with Gasteiger partial charge in [0, 0.05) is 13.1 Å². The van der Waals surface area contributed by atoms with E-state index in [1.165, 1.54) is 0 Å². The number of carbonyl (C=O) groups excluding carboxylic acids is 1. The number of sulfonamides is 1. The van der Waals surface area contributed by atoms with Gasteiger partial charge in [-0.3, -0.25) is 4.79 Å². The van der Waals surface area contributed by atoms with Gasteiger partial charge in [-0.15, -0.1) is 0 Å². The summed E-state index contributed by atoms with van der Waals surface area (Å²) in [4.78, 5) is 14.9. The molecule has 1 aliphatic rings. The van der Waals surface area contributed by atoms with Crippen molar-refractivity contribution in [1.29, 1.82) is 0 Å². The first-order chi connectivity index (χ1) is 12.9. The van der Waals surface area contributed by atoms with Gasteiger partial charge in [-0.1, -0.05) is 48.0 Å². The molecule has 1 atom stereocenters. The lowest BCUT2D eigenvalue weighted by Gasteiger charge is -2.31. The number of carbonyl (C=O) groups is 1. The van der Waals surface area contributed by atoms with Gasteiger partial charge in [0.2, 0.25) is 15.9 Å². The van der Waals surface area contributed by atoms with Crippen molar-refractivity contribution in [2.75, 3.05) is 26.3 Å². The van der Waals surface area contributed by atoms with Gasteiger partial charge in [0.15, 0.2) is 0 Å². The Morgan fingerprint density at radius 2 is 1.74 bits per heavy atom. The van der Waals surface area contributed by atoms with Crippen molar-refractivity contribution in [1.82, 2.24) is 9.62 Å². The molecule has 2 aromatic rings. The molecule has 0 aliphatic carbocycles. The fourth-order valence-corrected chi connectivity index (χ4v) is 4.60. The second-order valence-corrected chi connectivity index (χ2v) is 8.35. The highest BCUT2D eigenvalue weighted by Gasteiger charge is 2.31. The Hall–Kier alpha value is -2.22. The van der Waals surface area contributed by atoms with Crippen molar-refractivity contribution in [2.45, 2.75) is 24.8 Å². The number of ether oxygens (including phenoxy) is 1. The quantitative estimate of drug-likeness (QED) is 0.852. The van der Waals surface area contributed by atoms with Gasteiger partial charge in [0.1, 0.15) is 6.04 Å². The Labute approximate surface area is 160 Å². The zero-order valence-corrected chi connectivity index (χ0v) is 16.3. The fraction of sp³-hybridized carbons (Fsp3) is 0.350. The van der Waals surface area contributed by atoms with E-state index in [0.717, 1.165) is 5.56 Å². The summed E-state index contributed by atoms with van der Waals surface area (Å²) >= 11 is 0. The summed E-state index contributed by atoms with van der Waals surface area (Å²) in [6, 6.07) is 13.1. The van der Waals surface area contributed by atoms with Crippen LogP contribution in [0.25, 0.3) is 0 Å². The molecule has 0 unspecified atom stereocenters. The molecule has 27 heavy (non-hydrogen) atoms. The average Bonchev–Trinajstić information content (AvgIpc) is 2.67. The number of amides is 1. The van der Waals surface area contributed by atoms with Crippen LogP contribution in [-0.4, -0.2) is 45.5 Å². The van der Waals surface area contributed by atoms with Crippen LogP contribution in [0.2, 0.25) is 0 Å². The summed E-state index contributed by atoms with van der Waals surface area (Å²) in [5.41, 5.74) is 2.24. The van der Waals surface area contributed by atoms with E-state index in [0.29, 0.717) is 37.4 Å². The Bertz CT molecular complexity index is 907. The van der Waals surface area contributed by atoms with Crippen LogP contribution < -0.4 is 4.72 Å². The summed E-state index contributed by atoms with van der Waals surface area (Å²) in [6.07, 6.45) is 0. The van der Waals surface area contributed by atoms with Gasteiger partial charge in [0.05, 0.1) is 18.1 Å². The zero-order chi connectivity index (χ0) is 19.4. The first-order valence-electron chi connectivity index (χ1n) is 8.89. The molecule has 144 valence electrons. The lowest BCUT2D eigenvalue weighted by molar-refractivity contribution is -0.137. The number of hydrogen-bond donors (Lipinski definition) is 1. The van der Waals surface area contributed by atoms with Crippen LogP contribution in [0.1, 0.15) is 22.7 Å². The molecule has 0 radical (unpaired) electrons. The molecule has 1 amide bonds. The lowest BCUT2D eigenvalue weighted by Crippen LogP contribution is -2.47. The van der Waals surface area contributed by atoms with Crippen molar-refractivity contribution in [3.05, 3.63) is 65.2 Å². The minimum absolute atomic E-state index is 0.184. The fourth-order valence-electron chi connectivity index (χ4n) is 3.19. The van der Waals surface area contributed by atoms with E-state index in [4.69, 9.17) is 4.74 Å². The van der Waals surface area contributed by atoms with Crippen LogP contribution in [0, 0.1) is 13.8 Å². The maximum atomic E-state index is 13.1. The van der Waals surface area contributed by atoms with Crippen LogP contribution in [0.3, 0.4) is 0 Å². The van der Waals surface area contributed by atoms with Gasteiger partial charge in [-0.25, -0.2) is 8.42 Å². The Balaban J connectivity index is 1.94. The molecule has 7 heteroatoms. The highest BCUT2D eigenvalue weighted by Crippen LogP contribution is 2.22. The van der Waals surface area contributed by atoms with E-state index in [2.05, 4.69) is 4.72 Å². The van der Waals surface area contributed by atoms with Gasteiger partial charge in [-0.2, -0.15) is 4.72 Å². The lowest BCUT2D eigenvalue weighted by atomic mass is 10.1. The number of rotatable bonds is 5. The number of nitrogens with zero attached hydrogens (tertiary/aromatic N) is 1. The second kappa shape index (κ2) is 8.21. The molecular weight excluding hydrogens is 364 g/mol. The summed E-state index contributed by atoms with van der Waals surface area (Å²) in [7, 11) is -3.87. The largest absolute Gasteiger partial charge is 0.378 e. The molecule has 6 nitrogen and oxygen atoms in total. The van der Waals surface area contributed by atoms with E-state index in [1.807, 2.05) is 19.1 Å². The summed E-state index contributed by atoms with van der Waals surface area (Å²) in [5.74, 6) is -0.266. The van der Waals surface area contributed by atoms with E-state index in [1.54, 1.807) is 48.2 Å². The highest BCUT2D eigenvalue weighted by molar-refractivity contribution is 7.89. The van der Waals surface area contributed by atoms with Gasteiger partial charge >= 0.3 is 0 Å². The molecule has 1 N–H and O–H groups in total. The van der Waals surface area contributed by atoms with E-state index < -0.39 is 16.1 Å². The Morgan fingerprint density at radius 3 is 2.37 bits per heavy atom. The first kappa shape index (κ1) is 19.5. The third kappa shape index (κ3) is 4.55. The molecule has 1 heterocycles. The molecule has 0 spiro atoms. The van der Waals surface area contributed by atoms with Crippen LogP contribution in [0.5, 0.6) is 0 Å². The summed E-state index contributed by atoms with van der Waals surface area (Å²) < 4.78 is 34.0. The molecule has 1 aliphatic heterocycles. The van der Waals surface area contributed by atoms with Crippen molar-refractivity contribution < 1.29 is 17.9 Å². The smallest absolute Gasteiger partial charge is 0.245 e. The Kier molecular flexibility index (Phi) is 5.94. The SMILES string of the molecule is Cc1ccc(S(=O)(=O)N[C@H](C(=O)N2CCOCC2)c2ccccc2)c(C)c1. The van der Waals surface area contributed by atoms with Gasteiger partial charge < -0.3 is 9.64 Å². The molecule has 0 saturated carbocycles. The summed E-state index contributed by atoms with van der Waals surface area (Å²) in [5, 5.41) is 0. The standard InChI is InChI=1S/C20H24N2O4S/c1-15-8-9-18(16(2)14-15)27(24,25)21-19(17-6-4-3-5-7-17)20(23)22-10-12-26-13-11-22/h3-9,14,19,21H,10-13H2,1-2H3/t19-/m0/s1. The van der Waals surface area contributed by atoms with Crippen LogP contribution in [0.4, 0.5) is 0 Å². The molecular formula is C20H24N2O4S. The number of aryl methyl sites for hydroxylation is 2. The van der Waals surface area contributed by atoms with E-state index in [9.17, 15) is 13.2 Å². The third-order valence-electron chi connectivity index (χ3n) is 4.60. The summed E-state index contributed by atoms with van der Waals surface area (Å²) in [6.45, 7) is 5.48. The van der Waals surface area contributed by atoms with Gasteiger partial charge in [-0.05, 0) is 31.0 Å². The molecule has 1 saturated heterocycles. The molecule has 0 bridgehead atoms. The maximum absolute atomic E-state index is 13.1. The predicted octanol–water partition coefficient (Wildman–Crippen LogP) is 2.18. The van der Waals surface area contributed by atoms with Crippen molar-refractivity contribution in [2.24, 2.45) is 0 Å². The Morgan fingerprint density at radius 1 is 1.07 bits per heavy atom. The number of hydrogen-bond acceptors (Lipinski definition) is 4. The minimum atomic E-state index is -3.87. The minimum Gasteiger partial charge on any atom is -0.378 e. The first-order valence-corrected chi connectivity index (χ1v) is 10.4. The maximum Gasteiger partial charge on any atom is 0.245 e. The van der Waals surface area contributed by atoms with E-state index >= 15 is 0 Å². The zero-order valence-electron chi connectivity index (χ0n) is 15.5. The van der Waals surface area contributed by atoms with E-state index in [-0.39, 0.29) is 10.8 Å². The normalized spacial score (nSPS) is 16.1. The second-order valence-electron chi connectivity index (χ2n) is 6.67. The highest BCUT2D eigenvalue weighted by atomic mass is 32.2. The molecule has 2 aromatic carbocycles. The molecule has 3 rings (SSSR count). The van der Waals surface area contributed by atoms with Crippen LogP contribution in [-0.2, 0) is 19.6 Å². The number of benzene rings is 2. The van der Waals surface area contributed by atoms with Crippen LogP contribution in [0.15, 0.2) is 53.4 Å². The van der Waals surface area contributed by atoms with Crippen LogP contribution >= 0.6 is 0 Å². The molecule has 0 aromatic heterocycles. The molecule has 1 fully saturated rings. The monoisotopic (exact) mass is 388 g/mol. The van der Waals surface area contributed by atoms with Gasteiger partial charge in [0.25, 0.3) is 0 Å².